The van der Waals surface area contributed by atoms with Crippen molar-refractivity contribution in [3.05, 3.63) is 71.4 Å². The van der Waals surface area contributed by atoms with Gasteiger partial charge in [-0.2, -0.15) is 0 Å². The van der Waals surface area contributed by atoms with E-state index in [2.05, 4.69) is 31.0 Å². The lowest BCUT2D eigenvalue weighted by Crippen LogP contribution is -2.35. The Kier molecular flexibility index (Phi) is 4.31. The van der Waals surface area contributed by atoms with Gasteiger partial charge in [-0.1, -0.05) is 56.3 Å². The van der Waals surface area contributed by atoms with Gasteiger partial charge in [-0.15, -0.1) is 0 Å². The summed E-state index contributed by atoms with van der Waals surface area (Å²) < 4.78 is 5.80. The number of nitrogens with zero attached hydrogens (tertiary/aromatic N) is 3. The van der Waals surface area contributed by atoms with Crippen LogP contribution in [0.5, 0.6) is 5.75 Å². The van der Waals surface area contributed by atoms with Crippen molar-refractivity contribution in [2.24, 2.45) is 0 Å². The van der Waals surface area contributed by atoms with Crippen molar-refractivity contribution in [3.8, 4) is 17.1 Å². The molecule has 5 rings (SSSR count). The van der Waals surface area contributed by atoms with E-state index in [9.17, 15) is 4.79 Å². The van der Waals surface area contributed by atoms with Crippen LogP contribution in [0.4, 0.5) is 5.82 Å². The molecule has 1 atom stereocenters. The van der Waals surface area contributed by atoms with Crippen LogP contribution in [0.1, 0.15) is 48.9 Å². The van der Waals surface area contributed by atoms with Crippen molar-refractivity contribution in [3.63, 3.8) is 0 Å². The molecule has 0 saturated carbocycles. The summed E-state index contributed by atoms with van der Waals surface area (Å²) in [6.07, 6.45) is 2.92. The molecule has 0 unspecified atom stereocenters. The Bertz CT molecular complexity index is 1090. The molecule has 0 N–H and O–H groups in total. The molecule has 0 bridgehead atoms. The van der Waals surface area contributed by atoms with Crippen LogP contribution in [0.15, 0.2) is 54.7 Å². The molecule has 29 heavy (non-hydrogen) atoms. The second-order valence-corrected chi connectivity index (χ2v) is 7.92. The number of para-hydroxylation sites is 1. The molecule has 0 saturated heterocycles. The smallest absolute Gasteiger partial charge is 0.233 e. The molecule has 2 aromatic carbocycles. The second kappa shape index (κ2) is 6.99. The summed E-state index contributed by atoms with van der Waals surface area (Å²) >= 11 is 0. The normalized spacial score (nSPS) is 17.8. The Morgan fingerprint density at radius 1 is 1.10 bits per heavy atom. The molecule has 5 nitrogen and oxygen atoms in total. The molecule has 1 amide bonds. The summed E-state index contributed by atoms with van der Waals surface area (Å²) in [7, 11) is 0. The maximum atomic E-state index is 13.0. The monoisotopic (exact) mass is 385 g/mol. The summed E-state index contributed by atoms with van der Waals surface area (Å²) in [5.74, 6) is 2.70. The van der Waals surface area contributed by atoms with E-state index in [0.717, 1.165) is 34.7 Å². The van der Waals surface area contributed by atoms with E-state index in [1.807, 2.05) is 47.5 Å². The predicted octanol–water partition coefficient (Wildman–Crippen LogP) is 4.68. The fraction of sp³-hybridized carbons (Fsp3) is 0.292. The van der Waals surface area contributed by atoms with Gasteiger partial charge >= 0.3 is 0 Å². The Labute approximate surface area is 170 Å². The molecular formula is C24H23N3O2. The molecule has 0 radical (unpaired) electrons. The predicted molar refractivity (Wildman–Crippen MR) is 112 cm³/mol. The molecule has 3 heterocycles. The number of hydrogen-bond donors (Lipinski definition) is 0. The Morgan fingerprint density at radius 2 is 1.90 bits per heavy atom. The van der Waals surface area contributed by atoms with Gasteiger partial charge in [0.05, 0.1) is 19.1 Å². The van der Waals surface area contributed by atoms with Crippen LogP contribution in [-0.2, 0) is 11.2 Å². The first-order valence-corrected chi connectivity index (χ1v) is 10.1. The molecule has 0 spiro atoms. The summed E-state index contributed by atoms with van der Waals surface area (Å²) in [6, 6.07) is 16.1. The summed E-state index contributed by atoms with van der Waals surface area (Å²) in [6.45, 7) is 4.93. The highest BCUT2D eigenvalue weighted by Crippen LogP contribution is 2.42. The van der Waals surface area contributed by atoms with E-state index in [0.29, 0.717) is 24.8 Å². The Hall–Kier alpha value is -3.21. The van der Waals surface area contributed by atoms with Crippen molar-refractivity contribution in [1.29, 1.82) is 0 Å². The zero-order valence-corrected chi connectivity index (χ0v) is 16.6. The lowest BCUT2D eigenvalue weighted by atomic mass is 9.97. The van der Waals surface area contributed by atoms with Gasteiger partial charge in [0, 0.05) is 29.3 Å². The van der Waals surface area contributed by atoms with E-state index in [1.54, 1.807) is 0 Å². The van der Waals surface area contributed by atoms with Crippen molar-refractivity contribution in [2.75, 3.05) is 11.5 Å². The van der Waals surface area contributed by atoms with E-state index in [4.69, 9.17) is 9.72 Å². The molecule has 5 heteroatoms. The first-order chi connectivity index (χ1) is 14.1. The zero-order valence-electron chi connectivity index (χ0n) is 16.6. The summed E-state index contributed by atoms with van der Waals surface area (Å²) in [4.78, 5) is 24.3. The first-order valence-electron chi connectivity index (χ1n) is 10.1. The SMILES string of the molecule is CC(C)c1ccccc1-c1ncc2c(n1)N([C@@H]1CCOc3ccccc31)C(=O)C2. The standard InChI is InChI=1S/C24H23N3O2/c1-15(2)17-7-3-4-8-18(17)23-25-14-16-13-22(28)27(24(16)26-23)20-11-12-29-21-10-6-5-9-19(20)21/h3-10,14-15,20H,11-13H2,1-2H3/t20-/m1/s1. The van der Waals surface area contributed by atoms with Crippen LogP contribution < -0.4 is 9.64 Å². The van der Waals surface area contributed by atoms with Crippen LogP contribution in [0.2, 0.25) is 0 Å². The maximum absolute atomic E-state index is 13.0. The number of benzene rings is 2. The average Bonchev–Trinajstić information content (AvgIpc) is 3.08. The van der Waals surface area contributed by atoms with E-state index >= 15 is 0 Å². The van der Waals surface area contributed by atoms with Crippen molar-refractivity contribution in [2.45, 2.75) is 38.6 Å². The number of carbonyl (C=O) groups excluding carboxylic acids is 1. The van der Waals surface area contributed by atoms with Gasteiger partial charge in [0.25, 0.3) is 0 Å². The van der Waals surface area contributed by atoms with Gasteiger partial charge in [0.2, 0.25) is 5.91 Å². The van der Waals surface area contributed by atoms with Gasteiger partial charge in [0.1, 0.15) is 11.6 Å². The maximum Gasteiger partial charge on any atom is 0.233 e. The van der Waals surface area contributed by atoms with Crippen LogP contribution in [-0.4, -0.2) is 22.5 Å². The molecule has 2 aliphatic heterocycles. The number of fused-ring (bicyclic) bond motifs is 2. The Morgan fingerprint density at radius 3 is 2.76 bits per heavy atom. The van der Waals surface area contributed by atoms with Gasteiger partial charge in [0.15, 0.2) is 5.82 Å². The summed E-state index contributed by atoms with van der Waals surface area (Å²) in [5, 5.41) is 0. The number of aromatic nitrogens is 2. The lowest BCUT2D eigenvalue weighted by molar-refractivity contribution is -0.118. The minimum Gasteiger partial charge on any atom is -0.493 e. The van der Waals surface area contributed by atoms with Gasteiger partial charge in [-0.05, 0) is 17.5 Å². The summed E-state index contributed by atoms with van der Waals surface area (Å²) in [5.41, 5.74) is 4.17. The van der Waals surface area contributed by atoms with Gasteiger partial charge < -0.3 is 4.74 Å². The van der Waals surface area contributed by atoms with Crippen LogP contribution in [0.3, 0.4) is 0 Å². The highest BCUT2D eigenvalue weighted by atomic mass is 16.5. The molecule has 1 aromatic heterocycles. The minimum absolute atomic E-state index is 0.0585. The zero-order chi connectivity index (χ0) is 20.0. The topological polar surface area (TPSA) is 55.3 Å². The quantitative estimate of drug-likeness (QED) is 0.657. The number of anilines is 1. The van der Waals surface area contributed by atoms with E-state index in [1.165, 1.54) is 5.56 Å². The van der Waals surface area contributed by atoms with Crippen LogP contribution >= 0.6 is 0 Å². The van der Waals surface area contributed by atoms with Gasteiger partial charge in [-0.25, -0.2) is 9.97 Å². The minimum atomic E-state index is -0.0585. The van der Waals surface area contributed by atoms with Crippen molar-refractivity contribution >= 4 is 11.7 Å². The molecule has 0 aliphatic carbocycles. The highest BCUT2D eigenvalue weighted by Gasteiger charge is 2.38. The number of ether oxygens (including phenoxy) is 1. The fourth-order valence-corrected chi connectivity index (χ4v) is 4.34. The Balaban J connectivity index is 1.60. The number of hydrogen-bond acceptors (Lipinski definition) is 4. The largest absolute Gasteiger partial charge is 0.493 e. The first kappa shape index (κ1) is 17.9. The third kappa shape index (κ3) is 2.97. The second-order valence-electron chi connectivity index (χ2n) is 7.92. The van der Waals surface area contributed by atoms with Crippen molar-refractivity contribution < 1.29 is 9.53 Å². The fourth-order valence-electron chi connectivity index (χ4n) is 4.34. The van der Waals surface area contributed by atoms with Crippen molar-refractivity contribution in [1.82, 2.24) is 9.97 Å². The van der Waals surface area contributed by atoms with Crippen LogP contribution in [0.25, 0.3) is 11.4 Å². The number of carbonyl (C=O) groups is 1. The third-order valence-electron chi connectivity index (χ3n) is 5.74. The highest BCUT2D eigenvalue weighted by molar-refractivity contribution is 6.01. The van der Waals surface area contributed by atoms with Gasteiger partial charge in [-0.3, -0.25) is 9.69 Å². The molecule has 0 fully saturated rings. The van der Waals surface area contributed by atoms with Crippen LogP contribution in [0, 0.1) is 0 Å². The van der Waals surface area contributed by atoms with E-state index in [-0.39, 0.29) is 11.9 Å². The molecule has 146 valence electrons. The van der Waals surface area contributed by atoms with E-state index < -0.39 is 0 Å². The molecular weight excluding hydrogens is 362 g/mol. The molecule has 2 aliphatic rings. The third-order valence-corrected chi connectivity index (χ3v) is 5.74. The number of rotatable bonds is 3. The lowest BCUT2D eigenvalue weighted by Gasteiger charge is -2.33. The number of amides is 1. The molecule has 3 aromatic rings. The average molecular weight is 385 g/mol.